The molecule has 0 saturated carbocycles. The Kier molecular flexibility index (Phi) is 7.49. The van der Waals surface area contributed by atoms with Crippen molar-refractivity contribution in [2.24, 2.45) is 0 Å². The van der Waals surface area contributed by atoms with Crippen molar-refractivity contribution in [2.45, 2.75) is 32.9 Å². The van der Waals surface area contributed by atoms with Gasteiger partial charge in [-0.25, -0.2) is 0 Å². The molecule has 3 aromatic rings. The van der Waals surface area contributed by atoms with E-state index in [4.69, 9.17) is 32.7 Å². The summed E-state index contributed by atoms with van der Waals surface area (Å²) in [6, 6.07) is 12.8. The van der Waals surface area contributed by atoms with Gasteiger partial charge in [-0.05, 0) is 43.2 Å². The predicted molar refractivity (Wildman–Crippen MR) is 111 cm³/mol. The van der Waals surface area contributed by atoms with Gasteiger partial charge < -0.3 is 9.47 Å². The van der Waals surface area contributed by atoms with Gasteiger partial charge in [0.1, 0.15) is 6.61 Å². The van der Waals surface area contributed by atoms with Gasteiger partial charge in [-0.15, -0.1) is 5.10 Å². The Balaban J connectivity index is 1.77. The predicted octanol–water partition coefficient (Wildman–Crippen LogP) is 4.71. The van der Waals surface area contributed by atoms with Crippen LogP contribution in [0.5, 0.6) is 5.88 Å². The smallest absolute Gasteiger partial charge is 0.306 e. The van der Waals surface area contributed by atoms with Crippen LogP contribution in [0.15, 0.2) is 48.7 Å². The second-order valence-corrected chi connectivity index (χ2v) is 7.13. The molecule has 29 heavy (non-hydrogen) atoms. The number of aromatic nitrogens is 3. The third kappa shape index (κ3) is 6.21. The lowest BCUT2D eigenvalue weighted by molar-refractivity contribution is -0.143. The van der Waals surface area contributed by atoms with E-state index in [1.54, 1.807) is 29.9 Å². The summed E-state index contributed by atoms with van der Waals surface area (Å²) >= 11 is 12.3. The van der Waals surface area contributed by atoms with Crippen LogP contribution in [0.3, 0.4) is 0 Å². The summed E-state index contributed by atoms with van der Waals surface area (Å²) in [4.78, 5) is 16.0. The van der Waals surface area contributed by atoms with Crippen LogP contribution in [0.4, 0.5) is 0 Å². The lowest BCUT2D eigenvalue weighted by Gasteiger charge is -2.09. The van der Waals surface area contributed by atoms with Crippen LogP contribution >= 0.6 is 23.2 Å². The number of hydrogen-bond acceptors (Lipinski definition) is 5. The second-order valence-electron chi connectivity index (χ2n) is 6.28. The molecule has 0 N–H and O–H groups in total. The molecule has 0 atom stereocenters. The highest BCUT2D eigenvalue weighted by Gasteiger charge is 2.14. The van der Waals surface area contributed by atoms with Crippen molar-refractivity contribution in [1.82, 2.24) is 14.8 Å². The minimum absolute atomic E-state index is 0.249. The molecule has 0 radical (unpaired) electrons. The van der Waals surface area contributed by atoms with Crippen molar-refractivity contribution < 1.29 is 14.3 Å². The van der Waals surface area contributed by atoms with Crippen LogP contribution in [0.1, 0.15) is 30.3 Å². The maximum atomic E-state index is 11.8. The average molecular weight is 434 g/mol. The second kappa shape index (κ2) is 10.3. The number of aryl methyl sites for hydroxylation is 1. The number of ether oxygens (including phenoxy) is 2. The molecule has 0 aliphatic heterocycles. The third-order valence-electron chi connectivity index (χ3n) is 4.16. The zero-order valence-corrected chi connectivity index (χ0v) is 17.5. The fraction of sp³-hybridized carbons (Fsp3) is 0.286. The summed E-state index contributed by atoms with van der Waals surface area (Å²) in [6.07, 6.45) is 2.45. The maximum Gasteiger partial charge on any atom is 0.306 e. The minimum atomic E-state index is -0.249. The first-order valence-corrected chi connectivity index (χ1v) is 9.99. The lowest BCUT2D eigenvalue weighted by atomic mass is 10.2. The minimum Gasteiger partial charge on any atom is -0.470 e. The van der Waals surface area contributed by atoms with Crippen molar-refractivity contribution in [3.8, 4) is 5.88 Å². The summed E-state index contributed by atoms with van der Waals surface area (Å²) in [5, 5.41) is 5.66. The van der Waals surface area contributed by atoms with Crippen molar-refractivity contribution >= 4 is 29.2 Å². The Hall–Kier alpha value is -2.57. The Morgan fingerprint density at radius 2 is 2.03 bits per heavy atom. The van der Waals surface area contributed by atoms with Crippen molar-refractivity contribution in [1.29, 1.82) is 0 Å². The van der Waals surface area contributed by atoms with Gasteiger partial charge in [0.05, 0.1) is 25.3 Å². The average Bonchev–Trinajstić information content (AvgIpc) is 3.10. The van der Waals surface area contributed by atoms with E-state index in [1.807, 2.05) is 30.3 Å². The Morgan fingerprint density at radius 3 is 2.76 bits per heavy atom. The molecule has 0 fully saturated rings. The van der Waals surface area contributed by atoms with Crippen LogP contribution in [-0.2, 0) is 29.1 Å². The highest BCUT2D eigenvalue weighted by molar-refractivity contribution is 6.35. The monoisotopic (exact) mass is 433 g/mol. The highest BCUT2D eigenvalue weighted by atomic mass is 35.5. The molecule has 152 valence electrons. The molecule has 0 unspecified atom stereocenters. The summed E-state index contributed by atoms with van der Waals surface area (Å²) in [5.74, 6) is 0.209. The first kappa shape index (κ1) is 21.1. The quantitative estimate of drug-likeness (QED) is 0.457. The lowest BCUT2D eigenvalue weighted by Crippen LogP contribution is -2.10. The van der Waals surface area contributed by atoms with Gasteiger partial charge in [0.25, 0.3) is 0 Å². The molecule has 0 aliphatic carbocycles. The van der Waals surface area contributed by atoms with Gasteiger partial charge in [0.15, 0.2) is 0 Å². The van der Waals surface area contributed by atoms with Crippen molar-refractivity contribution in [2.75, 3.05) is 6.61 Å². The van der Waals surface area contributed by atoms with Gasteiger partial charge >= 0.3 is 5.97 Å². The normalized spacial score (nSPS) is 10.7. The molecule has 0 aliphatic rings. The number of rotatable bonds is 9. The van der Waals surface area contributed by atoms with E-state index in [9.17, 15) is 4.79 Å². The van der Waals surface area contributed by atoms with Crippen LogP contribution in [0.2, 0.25) is 10.0 Å². The van der Waals surface area contributed by atoms with Crippen LogP contribution in [-0.4, -0.2) is 27.3 Å². The van der Waals surface area contributed by atoms with Gasteiger partial charge in [0.2, 0.25) is 5.88 Å². The third-order valence-corrected chi connectivity index (χ3v) is 4.75. The number of nitrogens with zero attached hydrogens (tertiary/aromatic N) is 3. The van der Waals surface area contributed by atoms with Gasteiger partial charge in [0, 0.05) is 28.0 Å². The van der Waals surface area contributed by atoms with Gasteiger partial charge in [-0.1, -0.05) is 35.3 Å². The molecule has 0 spiro atoms. The Morgan fingerprint density at radius 1 is 1.17 bits per heavy atom. The fourth-order valence-corrected chi connectivity index (χ4v) is 3.21. The number of pyridine rings is 1. The number of esters is 1. The first-order chi connectivity index (χ1) is 14.0. The maximum absolute atomic E-state index is 11.8. The molecule has 0 bridgehead atoms. The van der Waals surface area contributed by atoms with Crippen molar-refractivity contribution in [3.63, 3.8) is 0 Å². The summed E-state index contributed by atoms with van der Waals surface area (Å²) < 4.78 is 12.6. The molecular weight excluding hydrogens is 413 g/mol. The standard InChI is InChI=1S/C21H21Cl2N3O3/c1-2-28-21(27)9-8-18-12-20(29-14-17-5-3-4-10-24-17)25-26(18)13-15-6-7-16(22)11-19(15)23/h3-7,10-12H,2,8-9,13-14H2,1H3. The van der Waals surface area contributed by atoms with E-state index < -0.39 is 0 Å². The van der Waals surface area contributed by atoms with Crippen LogP contribution in [0.25, 0.3) is 0 Å². The zero-order chi connectivity index (χ0) is 20.6. The van der Waals surface area contributed by atoms with Gasteiger partial charge in [-0.3, -0.25) is 14.5 Å². The van der Waals surface area contributed by atoms with E-state index in [0.717, 1.165) is 17.0 Å². The number of carbonyl (C=O) groups is 1. The molecule has 6 nitrogen and oxygen atoms in total. The molecule has 2 aromatic heterocycles. The van der Waals surface area contributed by atoms with E-state index in [0.29, 0.717) is 42.1 Å². The summed E-state index contributed by atoms with van der Waals surface area (Å²) in [5.41, 5.74) is 2.52. The zero-order valence-electron chi connectivity index (χ0n) is 16.0. The molecule has 0 saturated heterocycles. The van der Waals surface area contributed by atoms with Crippen LogP contribution in [0, 0.1) is 0 Å². The number of benzene rings is 1. The summed E-state index contributed by atoms with van der Waals surface area (Å²) in [6.45, 7) is 2.88. The van der Waals surface area contributed by atoms with Gasteiger partial charge in [-0.2, -0.15) is 0 Å². The molecule has 1 aromatic carbocycles. The number of carbonyl (C=O) groups excluding carboxylic acids is 1. The highest BCUT2D eigenvalue weighted by Crippen LogP contribution is 2.24. The number of halogens is 2. The first-order valence-electron chi connectivity index (χ1n) is 9.24. The van der Waals surface area contributed by atoms with Crippen molar-refractivity contribution in [3.05, 3.63) is 75.7 Å². The molecule has 3 rings (SSSR count). The molecule has 0 amide bonds. The molecular formula is C21H21Cl2N3O3. The van der Waals surface area contributed by atoms with E-state index >= 15 is 0 Å². The number of hydrogen-bond donors (Lipinski definition) is 0. The van der Waals surface area contributed by atoms with Crippen LogP contribution < -0.4 is 4.74 Å². The Labute approximate surface area is 179 Å². The SMILES string of the molecule is CCOC(=O)CCc1cc(OCc2ccccn2)nn1Cc1ccc(Cl)cc1Cl. The van der Waals surface area contributed by atoms with E-state index in [-0.39, 0.29) is 12.4 Å². The van der Waals surface area contributed by atoms with E-state index in [2.05, 4.69) is 10.1 Å². The largest absolute Gasteiger partial charge is 0.470 e. The fourth-order valence-electron chi connectivity index (χ4n) is 2.74. The Bertz CT molecular complexity index is 961. The molecule has 8 heteroatoms. The summed E-state index contributed by atoms with van der Waals surface area (Å²) in [7, 11) is 0. The van der Waals surface area contributed by atoms with E-state index in [1.165, 1.54) is 0 Å². The molecule has 2 heterocycles. The topological polar surface area (TPSA) is 66.2 Å².